The molecule has 0 spiro atoms. The Bertz CT molecular complexity index is 2840. The van der Waals surface area contributed by atoms with Crippen LogP contribution in [0, 0.1) is 17.8 Å². The van der Waals surface area contributed by atoms with E-state index < -0.39 is 0 Å². The molecule has 3 heteroatoms. The van der Waals surface area contributed by atoms with Crippen LogP contribution >= 0.6 is 11.3 Å². The van der Waals surface area contributed by atoms with Crippen LogP contribution in [0.3, 0.4) is 0 Å². The second-order valence-electron chi connectivity index (χ2n) is 17.6. The Balaban J connectivity index is 0.879. The SMILES string of the molecule is CC1CC=CCC1C1=CC=C(c2nc3c(s2)CCc2ccc4cc(-c5ccc(N(C6=CCC(C7=CC=CCC7)C=C6)c6ccc(-c7ccccc7)cc6)cc5)ccc4c2-3)CC1. The molecule has 0 saturated heterocycles. The first-order valence-corrected chi connectivity index (χ1v) is 23.4. The van der Waals surface area contributed by atoms with Crippen molar-refractivity contribution in [2.45, 2.75) is 64.7 Å². The van der Waals surface area contributed by atoms with Crippen molar-refractivity contribution >= 4 is 39.1 Å². The van der Waals surface area contributed by atoms with Crippen molar-refractivity contribution in [2.24, 2.45) is 17.8 Å². The average molecular weight is 809 g/mol. The molecule has 0 aliphatic heterocycles. The van der Waals surface area contributed by atoms with Gasteiger partial charge in [0.1, 0.15) is 5.01 Å². The molecule has 5 aromatic carbocycles. The number of hydrogen-bond donors (Lipinski definition) is 0. The Hall–Kier alpha value is -6.03. The van der Waals surface area contributed by atoms with Gasteiger partial charge in [0.25, 0.3) is 0 Å². The van der Waals surface area contributed by atoms with Crippen molar-refractivity contribution in [3.63, 3.8) is 0 Å². The number of fused-ring (bicyclic) bond motifs is 5. The normalized spacial score (nSPS) is 20.6. The monoisotopic (exact) mass is 808 g/mol. The zero-order valence-corrected chi connectivity index (χ0v) is 35.9. The largest absolute Gasteiger partial charge is 0.311 e. The molecule has 1 heterocycles. The Morgan fingerprint density at radius 3 is 2.13 bits per heavy atom. The maximum Gasteiger partial charge on any atom is 0.120 e. The van der Waals surface area contributed by atoms with Gasteiger partial charge >= 0.3 is 0 Å². The number of thiazole rings is 1. The summed E-state index contributed by atoms with van der Waals surface area (Å²) in [5, 5.41) is 3.81. The zero-order chi connectivity index (χ0) is 40.7. The van der Waals surface area contributed by atoms with E-state index in [1.165, 1.54) is 89.4 Å². The summed E-state index contributed by atoms with van der Waals surface area (Å²) in [6.45, 7) is 2.42. The molecule has 0 bridgehead atoms. The van der Waals surface area contributed by atoms with Crippen molar-refractivity contribution < 1.29 is 0 Å². The number of allylic oxidation sites excluding steroid dienone is 13. The summed E-state index contributed by atoms with van der Waals surface area (Å²) in [5.74, 6) is 1.90. The summed E-state index contributed by atoms with van der Waals surface area (Å²) in [4.78, 5) is 9.29. The first-order valence-electron chi connectivity index (χ1n) is 22.5. The van der Waals surface area contributed by atoms with Crippen LogP contribution in [0.25, 0.3) is 49.9 Å². The third kappa shape index (κ3) is 7.44. The van der Waals surface area contributed by atoms with Gasteiger partial charge in [-0.1, -0.05) is 152 Å². The molecule has 1 aromatic heterocycles. The van der Waals surface area contributed by atoms with E-state index in [1.807, 2.05) is 11.3 Å². The van der Waals surface area contributed by atoms with Gasteiger partial charge in [-0.3, -0.25) is 0 Å². The van der Waals surface area contributed by atoms with Crippen molar-refractivity contribution in [3.05, 3.63) is 202 Å². The van der Waals surface area contributed by atoms with Crippen LogP contribution in [-0.2, 0) is 12.8 Å². The number of aryl methyl sites for hydroxylation is 2. The van der Waals surface area contributed by atoms with Crippen molar-refractivity contribution in [1.82, 2.24) is 4.98 Å². The summed E-state index contributed by atoms with van der Waals surface area (Å²) in [5.41, 5.74) is 17.0. The van der Waals surface area contributed by atoms with Crippen LogP contribution in [0.15, 0.2) is 187 Å². The molecule has 0 N–H and O–H groups in total. The standard InChI is InChI=1S/C58H52N2S/c1-39-10-8-9-15-53(39)45-16-19-47(20-17-45)58-59-57-55(61-58)37-29-46-18-21-49-38-48(28-36-54(49)56(46)57)44-26-34-52(35-27-44)60(50-30-22-42(23-31-50)40-11-4-2-5-12-40)51-32-24-43(25-33-51)41-13-6-3-7-14-41/h2-6,8-9,11-13,16,18-19,21-24,26-28,30-36,38-39,43,53H,7,10,14-15,17,20,25,29,37H2,1H3. The first kappa shape index (κ1) is 37.9. The fourth-order valence-electron chi connectivity index (χ4n) is 10.4. The fraction of sp³-hybridized carbons (Fsp3) is 0.224. The van der Waals surface area contributed by atoms with Gasteiger partial charge in [-0.05, 0) is 150 Å². The molecular weight excluding hydrogens is 757 g/mol. The molecule has 61 heavy (non-hydrogen) atoms. The Labute approximate surface area is 365 Å². The minimum absolute atomic E-state index is 0.467. The third-order valence-electron chi connectivity index (χ3n) is 13.9. The Kier molecular flexibility index (Phi) is 10.2. The molecule has 300 valence electrons. The first-order chi connectivity index (χ1) is 30.1. The van der Waals surface area contributed by atoms with Crippen molar-refractivity contribution in [3.8, 4) is 33.5 Å². The highest BCUT2D eigenvalue weighted by molar-refractivity contribution is 7.13. The lowest BCUT2D eigenvalue weighted by Gasteiger charge is -2.30. The van der Waals surface area contributed by atoms with Crippen molar-refractivity contribution in [1.29, 1.82) is 0 Å². The molecule has 6 aromatic rings. The summed E-state index contributed by atoms with van der Waals surface area (Å²) < 4.78 is 0. The van der Waals surface area contributed by atoms with Gasteiger partial charge in [0.2, 0.25) is 0 Å². The van der Waals surface area contributed by atoms with E-state index in [0.717, 1.165) is 62.2 Å². The van der Waals surface area contributed by atoms with E-state index in [0.29, 0.717) is 11.8 Å². The van der Waals surface area contributed by atoms with Crippen LogP contribution in [0.1, 0.15) is 67.3 Å². The maximum absolute atomic E-state index is 5.43. The Morgan fingerprint density at radius 2 is 1.41 bits per heavy atom. The number of aromatic nitrogens is 1. The molecule has 5 aliphatic carbocycles. The number of anilines is 2. The number of hydrogen-bond acceptors (Lipinski definition) is 3. The minimum Gasteiger partial charge on any atom is -0.311 e. The average Bonchev–Trinajstić information content (AvgIpc) is 3.78. The van der Waals surface area contributed by atoms with E-state index >= 15 is 0 Å². The summed E-state index contributed by atoms with van der Waals surface area (Å²) in [6, 6.07) is 40.6. The minimum atomic E-state index is 0.467. The van der Waals surface area contributed by atoms with E-state index in [-0.39, 0.29) is 0 Å². The maximum atomic E-state index is 5.43. The molecule has 0 fully saturated rings. The Morgan fingerprint density at radius 1 is 0.639 bits per heavy atom. The summed E-state index contributed by atoms with van der Waals surface area (Å²) in [7, 11) is 0. The quantitative estimate of drug-likeness (QED) is 0.142. The smallest absolute Gasteiger partial charge is 0.120 e. The lowest BCUT2D eigenvalue weighted by Crippen LogP contribution is -2.18. The molecule has 5 aliphatic rings. The van der Waals surface area contributed by atoms with Gasteiger partial charge in [0.15, 0.2) is 0 Å². The molecule has 0 saturated carbocycles. The predicted octanol–water partition coefficient (Wildman–Crippen LogP) is 16.0. The van der Waals surface area contributed by atoms with Crippen LogP contribution in [0.4, 0.5) is 11.4 Å². The van der Waals surface area contributed by atoms with E-state index in [4.69, 9.17) is 4.98 Å². The highest BCUT2D eigenvalue weighted by Gasteiger charge is 2.27. The second-order valence-corrected chi connectivity index (χ2v) is 18.7. The second kappa shape index (κ2) is 16.4. The van der Waals surface area contributed by atoms with Gasteiger partial charge in [-0.2, -0.15) is 0 Å². The molecule has 2 nitrogen and oxygen atoms in total. The lowest BCUT2D eigenvalue weighted by molar-refractivity contribution is 0.391. The molecular formula is C58H52N2S. The topological polar surface area (TPSA) is 16.1 Å². The highest BCUT2D eigenvalue weighted by atomic mass is 32.1. The van der Waals surface area contributed by atoms with Crippen LogP contribution < -0.4 is 4.90 Å². The van der Waals surface area contributed by atoms with Gasteiger partial charge in [-0.25, -0.2) is 4.98 Å². The van der Waals surface area contributed by atoms with Gasteiger partial charge < -0.3 is 4.90 Å². The third-order valence-corrected chi connectivity index (χ3v) is 15.1. The van der Waals surface area contributed by atoms with E-state index in [9.17, 15) is 0 Å². The highest BCUT2D eigenvalue weighted by Crippen LogP contribution is 2.45. The van der Waals surface area contributed by atoms with Gasteiger partial charge in [0.05, 0.1) is 5.69 Å². The summed E-state index contributed by atoms with van der Waals surface area (Å²) in [6.07, 6.45) is 33.7. The fourth-order valence-corrected chi connectivity index (χ4v) is 11.5. The van der Waals surface area contributed by atoms with E-state index in [1.54, 1.807) is 5.57 Å². The molecule has 0 radical (unpaired) electrons. The number of rotatable bonds is 8. The van der Waals surface area contributed by atoms with Gasteiger partial charge in [0, 0.05) is 33.4 Å². The molecule has 0 amide bonds. The van der Waals surface area contributed by atoms with Crippen LogP contribution in [-0.4, -0.2) is 4.98 Å². The van der Waals surface area contributed by atoms with Gasteiger partial charge in [-0.15, -0.1) is 11.3 Å². The predicted molar refractivity (Wildman–Crippen MR) is 260 cm³/mol. The molecule has 11 rings (SSSR count). The van der Waals surface area contributed by atoms with Crippen molar-refractivity contribution in [2.75, 3.05) is 4.90 Å². The molecule has 3 unspecified atom stereocenters. The zero-order valence-electron chi connectivity index (χ0n) is 35.1. The van der Waals surface area contributed by atoms with Crippen LogP contribution in [0.5, 0.6) is 0 Å². The van der Waals surface area contributed by atoms with E-state index in [2.05, 4.69) is 182 Å². The number of benzene rings is 5. The number of nitrogens with zero attached hydrogens (tertiary/aromatic N) is 2. The van der Waals surface area contributed by atoms with Crippen LogP contribution in [0.2, 0.25) is 0 Å². The summed E-state index contributed by atoms with van der Waals surface area (Å²) >= 11 is 1.93. The lowest BCUT2D eigenvalue weighted by atomic mass is 9.76. The molecule has 3 atom stereocenters.